The summed E-state index contributed by atoms with van der Waals surface area (Å²) in [5.74, 6) is -0.337. The highest BCUT2D eigenvalue weighted by molar-refractivity contribution is 5.92. The van der Waals surface area contributed by atoms with Crippen molar-refractivity contribution >= 4 is 11.5 Å². The number of ether oxygens (including phenoxy) is 1. The minimum atomic E-state index is -0.337. The summed E-state index contributed by atoms with van der Waals surface area (Å²) in [5.41, 5.74) is 4.04. The molecule has 92 valence electrons. The normalized spacial score (nSPS) is 10.1. The second-order valence-corrected chi connectivity index (χ2v) is 4.06. The van der Waals surface area contributed by atoms with Gasteiger partial charge in [-0.15, -0.1) is 0 Å². The SMILES string of the molecule is C=C(c1ccccc1)c1cc(C(=O)OC)c(C)[nH]1. The lowest BCUT2D eigenvalue weighted by Gasteiger charge is -2.02. The number of carbonyl (C=O) groups is 1. The number of methoxy groups -OCH3 is 1. The summed E-state index contributed by atoms with van der Waals surface area (Å²) >= 11 is 0. The van der Waals surface area contributed by atoms with E-state index in [4.69, 9.17) is 4.74 Å². The Labute approximate surface area is 106 Å². The van der Waals surface area contributed by atoms with Crippen molar-refractivity contribution < 1.29 is 9.53 Å². The van der Waals surface area contributed by atoms with Crippen LogP contribution in [0.5, 0.6) is 0 Å². The van der Waals surface area contributed by atoms with E-state index in [9.17, 15) is 4.79 Å². The van der Waals surface area contributed by atoms with Gasteiger partial charge in [0.15, 0.2) is 0 Å². The van der Waals surface area contributed by atoms with Crippen LogP contribution in [0, 0.1) is 6.92 Å². The maximum absolute atomic E-state index is 11.5. The molecule has 3 nitrogen and oxygen atoms in total. The molecular weight excluding hydrogens is 226 g/mol. The number of hydrogen-bond acceptors (Lipinski definition) is 2. The van der Waals surface area contributed by atoms with Crippen molar-refractivity contribution in [3.8, 4) is 0 Å². The highest BCUT2D eigenvalue weighted by Crippen LogP contribution is 2.23. The minimum Gasteiger partial charge on any atom is -0.465 e. The molecule has 0 aliphatic carbocycles. The molecule has 0 radical (unpaired) electrons. The average molecular weight is 241 g/mol. The summed E-state index contributed by atoms with van der Waals surface area (Å²) in [4.78, 5) is 14.7. The fourth-order valence-corrected chi connectivity index (χ4v) is 1.84. The van der Waals surface area contributed by atoms with Gasteiger partial charge in [0.1, 0.15) is 0 Å². The molecule has 0 unspecified atom stereocenters. The molecule has 1 N–H and O–H groups in total. The molecule has 2 rings (SSSR count). The molecule has 1 aromatic carbocycles. The zero-order valence-electron chi connectivity index (χ0n) is 10.5. The first-order valence-electron chi connectivity index (χ1n) is 5.66. The van der Waals surface area contributed by atoms with Crippen molar-refractivity contribution in [1.29, 1.82) is 0 Å². The Bertz CT molecular complexity index is 582. The zero-order chi connectivity index (χ0) is 13.1. The van der Waals surface area contributed by atoms with Crippen LogP contribution in [0.4, 0.5) is 0 Å². The molecule has 3 heteroatoms. The van der Waals surface area contributed by atoms with Crippen molar-refractivity contribution in [2.24, 2.45) is 0 Å². The Balaban J connectivity index is 2.36. The molecule has 0 atom stereocenters. The van der Waals surface area contributed by atoms with Gasteiger partial charge in [-0.2, -0.15) is 0 Å². The molecule has 0 saturated heterocycles. The second-order valence-electron chi connectivity index (χ2n) is 4.06. The molecule has 1 aromatic heterocycles. The monoisotopic (exact) mass is 241 g/mol. The van der Waals surface area contributed by atoms with Gasteiger partial charge in [-0.25, -0.2) is 4.79 Å². The van der Waals surface area contributed by atoms with E-state index in [0.717, 1.165) is 22.5 Å². The minimum absolute atomic E-state index is 0.337. The van der Waals surface area contributed by atoms with Gasteiger partial charge in [0.25, 0.3) is 0 Å². The van der Waals surface area contributed by atoms with Crippen LogP contribution in [0.25, 0.3) is 5.57 Å². The van der Waals surface area contributed by atoms with E-state index < -0.39 is 0 Å². The number of rotatable bonds is 3. The topological polar surface area (TPSA) is 42.1 Å². The highest BCUT2D eigenvalue weighted by atomic mass is 16.5. The molecule has 1 heterocycles. The standard InChI is InChI=1S/C15H15NO2/c1-10(12-7-5-4-6-8-12)14-9-13(11(2)16-14)15(17)18-3/h4-9,16H,1H2,2-3H3. The number of H-pyrrole nitrogens is 1. The summed E-state index contributed by atoms with van der Waals surface area (Å²) in [6.07, 6.45) is 0. The van der Waals surface area contributed by atoms with E-state index in [0.29, 0.717) is 5.56 Å². The third kappa shape index (κ3) is 2.20. The van der Waals surface area contributed by atoms with Gasteiger partial charge in [0.05, 0.1) is 12.7 Å². The van der Waals surface area contributed by atoms with Crippen molar-refractivity contribution in [2.75, 3.05) is 7.11 Å². The smallest absolute Gasteiger partial charge is 0.339 e. The summed E-state index contributed by atoms with van der Waals surface area (Å²) in [5, 5.41) is 0. The van der Waals surface area contributed by atoms with Gasteiger partial charge in [-0.3, -0.25) is 0 Å². The number of carbonyl (C=O) groups excluding carboxylic acids is 1. The highest BCUT2D eigenvalue weighted by Gasteiger charge is 2.14. The van der Waals surface area contributed by atoms with Crippen LogP contribution in [0.2, 0.25) is 0 Å². The summed E-state index contributed by atoms with van der Waals surface area (Å²) in [6.45, 7) is 5.89. The molecule has 0 bridgehead atoms. The van der Waals surface area contributed by atoms with Crippen molar-refractivity contribution in [3.05, 3.63) is 65.5 Å². The molecule has 2 aromatic rings. The summed E-state index contributed by atoms with van der Waals surface area (Å²) in [6, 6.07) is 11.6. The molecule has 0 aliphatic rings. The fraction of sp³-hybridized carbons (Fsp3) is 0.133. The van der Waals surface area contributed by atoms with Gasteiger partial charge >= 0.3 is 5.97 Å². The maximum atomic E-state index is 11.5. The van der Waals surface area contributed by atoms with Crippen LogP contribution in [0.15, 0.2) is 43.0 Å². The third-order valence-electron chi connectivity index (χ3n) is 2.87. The number of aromatic nitrogens is 1. The average Bonchev–Trinajstić information content (AvgIpc) is 2.80. The van der Waals surface area contributed by atoms with Crippen LogP contribution in [-0.4, -0.2) is 18.1 Å². The summed E-state index contributed by atoms with van der Waals surface area (Å²) < 4.78 is 4.73. The van der Waals surface area contributed by atoms with Crippen LogP contribution in [0.1, 0.15) is 27.3 Å². The van der Waals surface area contributed by atoms with Crippen LogP contribution >= 0.6 is 0 Å². The first kappa shape index (κ1) is 12.2. The lowest BCUT2D eigenvalue weighted by Crippen LogP contribution is -2.00. The molecule has 0 aliphatic heterocycles. The van der Waals surface area contributed by atoms with E-state index >= 15 is 0 Å². The Hall–Kier alpha value is -2.29. The van der Waals surface area contributed by atoms with Crippen molar-refractivity contribution in [2.45, 2.75) is 6.92 Å². The Morgan fingerprint density at radius 2 is 1.94 bits per heavy atom. The summed E-state index contributed by atoms with van der Waals surface area (Å²) in [7, 11) is 1.38. The van der Waals surface area contributed by atoms with Gasteiger partial charge in [0, 0.05) is 11.4 Å². The van der Waals surface area contributed by atoms with E-state index in [1.54, 1.807) is 6.07 Å². The van der Waals surface area contributed by atoms with Gasteiger partial charge in [-0.05, 0) is 24.1 Å². The number of aromatic amines is 1. The van der Waals surface area contributed by atoms with Crippen molar-refractivity contribution in [1.82, 2.24) is 4.98 Å². The molecule has 0 spiro atoms. The van der Waals surface area contributed by atoms with Gasteiger partial charge < -0.3 is 9.72 Å². The predicted molar refractivity (Wildman–Crippen MR) is 71.4 cm³/mol. The quantitative estimate of drug-likeness (QED) is 0.839. The number of aryl methyl sites for hydroxylation is 1. The molecule has 18 heavy (non-hydrogen) atoms. The van der Waals surface area contributed by atoms with Gasteiger partial charge in [-0.1, -0.05) is 36.9 Å². The second kappa shape index (κ2) is 4.92. The Morgan fingerprint density at radius 3 is 2.56 bits per heavy atom. The van der Waals surface area contributed by atoms with Gasteiger partial charge in [0.2, 0.25) is 0 Å². The molecule has 0 fully saturated rings. The van der Waals surface area contributed by atoms with E-state index in [-0.39, 0.29) is 5.97 Å². The maximum Gasteiger partial charge on any atom is 0.339 e. The van der Waals surface area contributed by atoms with Crippen LogP contribution < -0.4 is 0 Å². The Kier molecular flexibility index (Phi) is 3.33. The lowest BCUT2D eigenvalue weighted by atomic mass is 10.0. The third-order valence-corrected chi connectivity index (χ3v) is 2.87. The lowest BCUT2D eigenvalue weighted by molar-refractivity contribution is 0.0600. The van der Waals surface area contributed by atoms with E-state index in [1.807, 2.05) is 37.3 Å². The first-order valence-corrected chi connectivity index (χ1v) is 5.66. The molecular formula is C15H15NO2. The number of hydrogen-bond donors (Lipinski definition) is 1. The first-order chi connectivity index (χ1) is 8.63. The zero-order valence-corrected chi connectivity index (χ0v) is 10.5. The molecule has 0 saturated carbocycles. The largest absolute Gasteiger partial charge is 0.465 e. The van der Waals surface area contributed by atoms with Crippen LogP contribution in [0.3, 0.4) is 0 Å². The number of nitrogens with one attached hydrogen (secondary N) is 1. The predicted octanol–water partition coefficient (Wildman–Crippen LogP) is 3.17. The number of benzene rings is 1. The molecule has 0 amide bonds. The van der Waals surface area contributed by atoms with Crippen LogP contribution in [-0.2, 0) is 4.74 Å². The Morgan fingerprint density at radius 1 is 1.28 bits per heavy atom. The van der Waals surface area contributed by atoms with Crippen molar-refractivity contribution in [3.63, 3.8) is 0 Å². The number of esters is 1. The van der Waals surface area contributed by atoms with E-state index in [2.05, 4.69) is 11.6 Å². The fourth-order valence-electron chi connectivity index (χ4n) is 1.84. The van der Waals surface area contributed by atoms with E-state index in [1.165, 1.54) is 7.11 Å².